The van der Waals surface area contributed by atoms with Gasteiger partial charge < -0.3 is 9.84 Å². The average molecular weight is 220 g/mol. The summed E-state index contributed by atoms with van der Waals surface area (Å²) in [5.74, 6) is -0.202. The van der Waals surface area contributed by atoms with Gasteiger partial charge in [0.05, 0.1) is 6.61 Å². The molecule has 1 aromatic carbocycles. The first-order chi connectivity index (χ1) is 7.54. The summed E-state index contributed by atoms with van der Waals surface area (Å²) in [6.07, 6.45) is 2.68. The van der Waals surface area contributed by atoms with Crippen molar-refractivity contribution in [3.63, 3.8) is 0 Å². The quantitative estimate of drug-likeness (QED) is 0.793. The van der Waals surface area contributed by atoms with Gasteiger partial charge in [-0.3, -0.25) is 0 Å². The molecule has 0 radical (unpaired) electrons. The Balaban J connectivity index is 3.18. The van der Waals surface area contributed by atoms with Crippen LogP contribution in [0.25, 0.3) is 6.08 Å². The van der Waals surface area contributed by atoms with Crippen molar-refractivity contribution in [1.82, 2.24) is 0 Å². The van der Waals surface area contributed by atoms with Crippen LogP contribution >= 0.6 is 0 Å². The molecule has 0 spiro atoms. The minimum atomic E-state index is -0.957. The van der Waals surface area contributed by atoms with Gasteiger partial charge in [0.1, 0.15) is 5.75 Å². The maximum atomic E-state index is 10.5. The molecular weight excluding hydrogens is 204 g/mol. The zero-order valence-corrected chi connectivity index (χ0v) is 9.78. The van der Waals surface area contributed by atoms with Gasteiger partial charge in [-0.2, -0.15) is 0 Å². The Morgan fingerprint density at radius 1 is 1.44 bits per heavy atom. The monoisotopic (exact) mass is 220 g/mol. The number of hydrogen-bond acceptors (Lipinski definition) is 2. The highest BCUT2D eigenvalue weighted by Crippen LogP contribution is 2.26. The Morgan fingerprint density at radius 3 is 2.69 bits per heavy atom. The molecule has 0 amide bonds. The number of hydrogen-bond donors (Lipinski definition) is 1. The Morgan fingerprint density at radius 2 is 2.12 bits per heavy atom. The van der Waals surface area contributed by atoms with Gasteiger partial charge in [0, 0.05) is 11.6 Å². The second-order valence-electron chi connectivity index (χ2n) is 3.60. The molecule has 0 saturated heterocycles. The molecule has 1 aromatic rings. The van der Waals surface area contributed by atoms with Gasteiger partial charge in [0.25, 0.3) is 0 Å². The van der Waals surface area contributed by atoms with Gasteiger partial charge >= 0.3 is 5.97 Å². The molecule has 3 heteroatoms. The van der Waals surface area contributed by atoms with Gasteiger partial charge in [-0.05, 0) is 38.5 Å². The van der Waals surface area contributed by atoms with E-state index in [2.05, 4.69) is 0 Å². The summed E-state index contributed by atoms with van der Waals surface area (Å²) in [7, 11) is 0. The van der Waals surface area contributed by atoms with E-state index in [1.807, 2.05) is 32.9 Å². The van der Waals surface area contributed by atoms with Crippen LogP contribution < -0.4 is 4.74 Å². The predicted molar refractivity (Wildman–Crippen MR) is 63.8 cm³/mol. The number of ether oxygens (including phenoxy) is 1. The highest BCUT2D eigenvalue weighted by molar-refractivity contribution is 5.86. The average Bonchev–Trinajstić information content (AvgIpc) is 2.19. The lowest BCUT2D eigenvalue weighted by atomic mass is 10.1. The number of benzene rings is 1. The molecule has 0 aliphatic carbocycles. The van der Waals surface area contributed by atoms with Gasteiger partial charge in [-0.25, -0.2) is 4.79 Å². The molecule has 0 aromatic heterocycles. The number of rotatable bonds is 4. The van der Waals surface area contributed by atoms with Crippen LogP contribution in [-0.4, -0.2) is 17.7 Å². The van der Waals surface area contributed by atoms with Crippen LogP contribution in [-0.2, 0) is 4.79 Å². The predicted octanol–water partition coefficient (Wildman–Crippen LogP) is 2.80. The van der Waals surface area contributed by atoms with E-state index < -0.39 is 5.97 Å². The topological polar surface area (TPSA) is 46.5 Å². The fraction of sp³-hybridized carbons (Fsp3) is 0.308. The fourth-order valence-corrected chi connectivity index (χ4v) is 1.61. The van der Waals surface area contributed by atoms with E-state index in [0.29, 0.717) is 6.61 Å². The molecule has 0 heterocycles. The van der Waals surface area contributed by atoms with Gasteiger partial charge in [0.2, 0.25) is 0 Å². The summed E-state index contributed by atoms with van der Waals surface area (Å²) in [6.45, 7) is 6.40. The van der Waals surface area contributed by atoms with Crippen molar-refractivity contribution in [3.05, 3.63) is 34.9 Å². The van der Waals surface area contributed by atoms with Crippen molar-refractivity contribution >= 4 is 12.0 Å². The third-order valence-corrected chi connectivity index (χ3v) is 2.14. The molecule has 86 valence electrons. The largest absolute Gasteiger partial charge is 0.493 e. The second kappa shape index (κ2) is 5.35. The summed E-state index contributed by atoms with van der Waals surface area (Å²) in [5, 5.41) is 8.61. The van der Waals surface area contributed by atoms with Crippen molar-refractivity contribution in [2.24, 2.45) is 0 Å². The third-order valence-electron chi connectivity index (χ3n) is 2.14. The molecule has 0 fully saturated rings. The molecule has 0 saturated carbocycles. The maximum Gasteiger partial charge on any atom is 0.328 e. The van der Waals surface area contributed by atoms with Crippen molar-refractivity contribution in [1.29, 1.82) is 0 Å². The van der Waals surface area contributed by atoms with Crippen LogP contribution in [0.5, 0.6) is 5.75 Å². The zero-order chi connectivity index (χ0) is 12.1. The smallest absolute Gasteiger partial charge is 0.328 e. The van der Waals surface area contributed by atoms with E-state index in [1.54, 1.807) is 6.08 Å². The maximum absolute atomic E-state index is 10.5. The lowest BCUT2D eigenvalue weighted by Gasteiger charge is -2.11. The van der Waals surface area contributed by atoms with Crippen LogP contribution in [0.2, 0.25) is 0 Å². The molecule has 0 atom stereocenters. The zero-order valence-electron chi connectivity index (χ0n) is 9.78. The number of aryl methyl sites for hydroxylation is 2. The van der Waals surface area contributed by atoms with Crippen molar-refractivity contribution < 1.29 is 14.6 Å². The number of carboxylic acid groups (broad SMARTS) is 1. The van der Waals surface area contributed by atoms with Crippen LogP contribution in [0.4, 0.5) is 0 Å². The molecule has 3 nitrogen and oxygen atoms in total. The van der Waals surface area contributed by atoms with E-state index >= 15 is 0 Å². The lowest BCUT2D eigenvalue weighted by molar-refractivity contribution is -0.131. The third kappa shape index (κ3) is 3.12. The molecule has 1 rings (SSSR count). The first-order valence-corrected chi connectivity index (χ1v) is 5.19. The van der Waals surface area contributed by atoms with E-state index in [4.69, 9.17) is 9.84 Å². The van der Waals surface area contributed by atoms with Crippen LogP contribution in [0, 0.1) is 13.8 Å². The Kier molecular flexibility index (Phi) is 4.11. The second-order valence-corrected chi connectivity index (χ2v) is 3.60. The summed E-state index contributed by atoms with van der Waals surface area (Å²) in [5.41, 5.74) is 2.92. The van der Waals surface area contributed by atoms with Crippen LogP contribution in [0.3, 0.4) is 0 Å². The van der Waals surface area contributed by atoms with Crippen molar-refractivity contribution in [2.45, 2.75) is 20.8 Å². The summed E-state index contributed by atoms with van der Waals surface area (Å²) in [6, 6.07) is 3.93. The summed E-state index contributed by atoms with van der Waals surface area (Å²) >= 11 is 0. The highest BCUT2D eigenvalue weighted by atomic mass is 16.5. The lowest BCUT2D eigenvalue weighted by Crippen LogP contribution is -1.97. The summed E-state index contributed by atoms with van der Waals surface area (Å²) < 4.78 is 5.51. The molecule has 0 unspecified atom stereocenters. The van der Waals surface area contributed by atoms with E-state index in [9.17, 15) is 4.79 Å². The number of carbonyl (C=O) groups is 1. The Hall–Kier alpha value is -1.77. The Bertz CT molecular complexity index is 419. The first-order valence-electron chi connectivity index (χ1n) is 5.19. The Labute approximate surface area is 95.4 Å². The van der Waals surface area contributed by atoms with Gasteiger partial charge in [-0.1, -0.05) is 11.6 Å². The van der Waals surface area contributed by atoms with Crippen LogP contribution in [0.15, 0.2) is 18.2 Å². The van der Waals surface area contributed by atoms with Gasteiger partial charge in [0.15, 0.2) is 0 Å². The normalized spacial score (nSPS) is 10.7. The first kappa shape index (κ1) is 12.3. The molecular formula is C13H16O3. The van der Waals surface area contributed by atoms with E-state index in [0.717, 1.165) is 28.5 Å². The van der Waals surface area contributed by atoms with E-state index in [-0.39, 0.29) is 0 Å². The molecule has 0 aliphatic heterocycles. The van der Waals surface area contributed by atoms with E-state index in [1.165, 1.54) is 0 Å². The molecule has 1 N–H and O–H groups in total. The molecule has 0 aliphatic rings. The summed E-state index contributed by atoms with van der Waals surface area (Å²) in [4.78, 5) is 10.5. The number of aliphatic carboxylic acids is 1. The van der Waals surface area contributed by atoms with Crippen molar-refractivity contribution in [2.75, 3.05) is 6.61 Å². The van der Waals surface area contributed by atoms with Crippen molar-refractivity contribution in [3.8, 4) is 5.75 Å². The minimum absolute atomic E-state index is 0.567. The highest BCUT2D eigenvalue weighted by Gasteiger charge is 2.05. The SMILES string of the molecule is CCOc1c(C)cc(C)cc1/C=C\C(=O)O. The van der Waals surface area contributed by atoms with Gasteiger partial charge in [-0.15, -0.1) is 0 Å². The van der Waals surface area contributed by atoms with Crippen LogP contribution in [0.1, 0.15) is 23.6 Å². The molecule has 0 bridgehead atoms. The fourth-order valence-electron chi connectivity index (χ4n) is 1.61. The minimum Gasteiger partial charge on any atom is -0.493 e. The molecule has 16 heavy (non-hydrogen) atoms. The number of carboxylic acids is 1. The standard InChI is InChI=1S/C13H16O3/c1-4-16-13-10(3)7-9(2)8-11(13)5-6-12(14)15/h5-8H,4H2,1-3H3,(H,14,15)/b6-5-.